The lowest BCUT2D eigenvalue weighted by molar-refractivity contribution is -0.137. The molecule has 0 aliphatic rings. The number of carbonyl (C=O) groups is 2. The summed E-state index contributed by atoms with van der Waals surface area (Å²) in [5.41, 5.74) is -1.02. The fourth-order valence-corrected chi connectivity index (χ4v) is 2.07. The van der Waals surface area contributed by atoms with E-state index in [2.05, 4.69) is 5.32 Å². The highest BCUT2D eigenvalue weighted by molar-refractivity contribution is 6.33. The fraction of sp³-hybridized carbons (Fsp3) is 0.125. The molecule has 0 aliphatic carbocycles. The normalized spacial score (nSPS) is 11.1. The van der Waals surface area contributed by atoms with Crippen molar-refractivity contribution in [2.45, 2.75) is 6.18 Å². The number of ether oxygens (including phenoxy) is 1. The Kier molecular flexibility index (Phi) is 5.92. The molecule has 0 saturated heterocycles. The van der Waals surface area contributed by atoms with Gasteiger partial charge in [-0.2, -0.15) is 13.2 Å². The third-order valence-electron chi connectivity index (χ3n) is 2.98. The lowest BCUT2D eigenvalue weighted by atomic mass is 10.2. The molecule has 2 aromatic carbocycles. The zero-order valence-electron chi connectivity index (χ0n) is 12.4. The first-order valence-electron chi connectivity index (χ1n) is 6.76. The van der Waals surface area contributed by atoms with Crippen molar-refractivity contribution in [1.82, 2.24) is 0 Å². The second-order valence-electron chi connectivity index (χ2n) is 4.82. The summed E-state index contributed by atoms with van der Waals surface area (Å²) in [6.07, 6.45) is -4.58. The molecule has 132 valence electrons. The summed E-state index contributed by atoms with van der Waals surface area (Å²) in [7, 11) is 0. The number of nitrogens with one attached hydrogen (secondary N) is 1. The molecule has 0 aliphatic heterocycles. The van der Waals surface area contributed by atoms with Crippen LogP contribution in [0.3, 0.4) is 0 Å². The lowest BCUT2D eigenvalue weighted by Crippen LogP contribution is -2.21. The summed E-state index contributed by atoms with van der Waals surface area (Å²) in [5.74, 6) is -1.61. The lowest BCUT2D eigenvalue weighted by Gasteiger charge is -2.12. The molecule has 25 heavy (non-hydrogen) atoms. The van der Waals surface area contributed by atoms with Crippen LogP contribution in [0.15, 0.2) is 42.5 Å². The van der Waals surface area contributed by atoms with E-state index < -0.39 is 30.2 Å². The molecule has 0 radical (unpaired) electrons. The van der Waals surface area contributed by atoms with Gasteiger partial charge in [0.05, 0.1) is 21.8 Å². The Balaban J connectivity index is 1.98. The second kappa shape index (κ2) is 7.76. The predicted octanol–water partition coefficient (Wildman–Crippen LogP) is 4.81. The molecule has 0 fully saturated rings. The molecule has 1 amide bonds. The number of rotatable bonds is 4. The van der Waals surface area contributed by atoms with Gasteiger partial charge in [-0.15, -0.1) is 0 Å². The number of benzene rings is 2. The zero-order chi connectivity index (χ0) is 18.6. The first kappa shape index (κ1) is 19.1. The Hall–Kier alpha value is -2.25. The van der Waals surface area contributed by atoms with E-state index in [9.17, 15) is 22.8 Å². The summed E-state index contributed by atoms with van der Waals surface area (Å²) >= 11 is 11.4. The molecule has 0 spiro atoms. The van der Waals surface area contributed by atoms with E-state index in [1.54, 1.807) is 0 Å². The van der Waals surface area contributed by atoms with Crippen LogP contribution in [0.25, 0.3) is 0 Å². The molecule has 0 bridgehead atoms. The van der Waals surface area contributed by atoms with E-state index >= 15 is 0 Å². The summed E-state index contributed by atoms with van der Waals surface area (Å²) in [5, 5.41) is 2.52. The highest BCUT2D eigenvalue weighted by Gasteiger charge is 2.31. The Morgan fingerprint density at radius 3 is 2.28 bits per heavy atom. The standard InChI is InChI=1S/C16H10Cl2F3NO3/c17-11-4-1-9(2-5-11)15(24)25-8-14(23)22-13-7-10(16(19,20)21)3-6-12(13)18/h1-7H,8H2,(H,22,23). The molecule has 1 N–H and O–H groups in total. The molecule has 0 unspecified atom stereocenters. The van der Waals surface area contributed by atoms with Gasteiger partial charge in [-0.05, 0) is 42.5 Å². The molecule has 2 rings (SSSR count). The average Bonchev–Trinajstić information content (AvgIpc) is 2.54. The van der Waals surface area contributed by atoms with Gasteiger partial charge in [-0.1, -0.05) is 23.2 Å². The first-order valence-corrected chi connectivity index (χ1v) is 7.51. The minimum Gasteiger partial charge on any atom is -0.452 e. The van der Waals surface area contributed by atoms with E-state index in [0.717, 1.165) is 12.1 Å². The molecular formula is C16H10Cl2F3NO3. The van der Waals surface area contributed by atoms with Crippen molar-refractivity contribution in [3.8, 4) is 0 Å². The first-order chi connectivity index (χ1) is 11.7. The largest absolute Gasteiger partial charge is 0.452 e. The number of amides is 1. The van der Waals surface area contributed by atoms with E-state index in [1.807, 2.05) is 0 Å². The monoisotopic (exact) mass is 391 g/mol. The maximum atomic E-state index is 12.7. The molecule has 4 nitrogen and oxygen atoms in total. The quantitative estimate of drug-likeness (QED) is 0.761. The Labute approximate surface area is 150 Å². The number of halogens is 5. The highest BCUT2D eigenvalue weighted by atomic mass is 35.5. The van der Waals surface area contributed by atoms with Crippen molar-refractivity contribution in [1.29, 1.82) is 0 Å². The van der Waals surface area contributed by atoms with Crippen LogP contribution in [-0.2, 0) is 15.7 Å². The average molecular weight is 392 g/mol. The zero-order valence-corrected chi connectivity index (χ0v) is 13.9. The Morgan fingerprint density at radius 2 is 1.68 bits per heavy atom. The Morgan fingerprint density at radius 1 is 1.04 bits per heavy atom. The van der Waals surface area contributed by atoms with E-state index in [0.29, 0.717) is 11.1 Å². The summed E-state index contributed by atoms with van der Waals surface area (Å²) in [4.78, 5) is 23.5. The van der Waals surface area contributed by atoms with Crippen molar-refractivity contribution in [2.75, 3.05) is 11.9 Å². The van der Waals surface area contributed by atoms with Crippen molar-refractivity contribution >= 4 is 40.8 Å². The summed E-state index contributed by atoms with van der Waals surface area (Å²) in [6, 6.07) is 8.26. The van der Waals surface area contributed by atoms with Crippen molar-refractivity contribution in [2.24, 2.45) is 0 Å². The van der Waals surface area contributed by atoms with Gasteiger partial charge in [0.2, 0.25) is 0 Å². The predicted molar refractivity (Wildman–Crippen MR) is 86.8 cm³/mol. The van der Waals surface area contributed by atoms with Crippen LogP contribution in [0.2, 0.25) is 10.0 Å². The van der Waals surface area contributed by atoms with Crippen molar-refractivity contribution in [3.05, 3.63) is 63.6 Å². The highest BCUT2D eigenvalue weighted by Crippen LogP contribution is 2.33. The van der Waals surface area contributed by atoms with Crippen LogP contribution in [-0.4, -0.2) is 18.5 Å². The number of carbonyl (C=O) groups excluding carboxylic acids is 2. The SMILES string of the molecule is O=C(COC(=O)c1ccc(Cl)cc1)Nc1cc(C(F)(F)F)ccc1Cl. The van der Waals surface area contributed by atoms with Gasteiger partial charge < -0.3 is 10.1 Å². The van der Waals surface area contributed by atoms with Gasteiger partial charge >= 0.3 is 12.1 Å². The third-order valence-corrected chi connectivity index (χ3v) is 3.56. The van der Waals surface area contributed by atoms with Gasteiger partial charge in [0.25, 0.3) is 5.91 Å². The maximum absolute atomic E-state index is 12.7. The van der Waals surface area contributed by atoms with Crippen LogP contribution >= 0.6 is 23.2 Å². The van der Waals surface area contributed by atoms with Gasteiger partial charge in [0.1, 0.15) is 0 Å². The topological polar surface area (TPSA) is 55.4 Å². The molecule has 0 atom stereocenters. The van der Waals surface area contributed by atoms with E-state index in [1.165, 1.54) is 24.3 Å². The molecule has 2 aromatic rings. The molecule has 0 heterocycles. The summed E-state index contributed by atoms with van der Waals surface area (Å²) < 4.78 is 42.8. The van der Waals surface area contributed by atoms with Crippen LogP contribution < -0.4 is 5.32 Å². The van der Waals surface area contributed by atoms with Gasteiger partial charge in [0, 0.05) is 5.02 Å². The van der Waals surface area contributed by atoms with Gasteiger partial charge in [0.15, 0.2) is 6.61 Å². The number of esters is 1. The van der Waals surface area contributed by atoms with Crippen molar-refractivity contribution < 1.29 is 27.5 Å². The number of anilines is 1. The molecular weight excluding hydrogens is 382 g/mol. The number of alkyl halides is 3. The third kappa shape index (κ3) is 5.37. The second-order valence-corrected chi connectivity index (χ2v) is 5.67. The molecule has 0 saturated carbocycles. The minimum atomic E-state index is -4.58. The van der Waals surface area contributed by atoms with Gasteiger partial charge in [-0.3, -0.25) is 4.79 Å². The van der Waals surface area contributed by atoms with Gasteiger partial charge in [-0.25, -0.2) is 4.79 Å². The number of hydrogen-bond donors (Lipinski definition) is 1. The van der Waals surface area contributed by atoms with Crippen LogP contribution in [0, 0.1) is 0 Å². The van der Waals surface area contributed by atoms with E-state index in [-0.39, 0.29) is 16.3 Å². The van der Waals surface area contributed by atoms with Crippen molar-refractivity contribution in [3.63, 3.8) is 0 Å². The Bertz CT molecular complexity index is 792. The molecule has 9 heteroatoms. The maximum Gasteiger partial charge on any atom is 0.416 e. The molecule has 0 aromatic heterocycles. The van der Waals surface area contributed by atoms with Crippen LogP contribution in [0.1, 0.15) is 15.9 Å². The fourth-order valence-electron chi connectivity index (χ4n) is 1.78. The van der Waals surface area contributed by atoms with E-state index in [4.69, 9.17) is 27.9 Å². The smallest absolute Gasteiger partial charge is 0.416 e. The minimum absolute atomic E-state index is 0.0784. The van der Waals surface area contributed by atoms with Crippen LogP contribution in [0.5, 0.6) is 0 Å². The number of hydrogen-bond acceptors (Lipinski definition) is 3. The summed E-state index contributed by atoms with van der Waals surface area (Å²) in [6.45, 7) is -0.686. The van der Waals surface area contributed by atoms with Crippen LogP contribution in [0.4, 0.5) is 18.9 Å².